The predicted molar refractivity (Wildman–Crippen MR) is 130 cm³/mol. The zero-order valence-electron chi connectivity index (χ0n) is 20.1. The molecule has 1 aromatic carbocycles. The predicted octanol–water partition coefficient (Wildman–Crippen LogP) is 4.04. The number of fused-ring (bicyclic) bond motifs is 3. The largest absolute Gasteiger partial charge is 0.465 e. The maximum absolute atomic E-state index is 13.3. The molecule has 1 N–H and O–H groups in total. The number of hydrogen-bond acceptors (Lipinski definition) is 6. The first-order valence-corrected chi connectivity index (χ1v) is 13.0. The van der Waals surface area contributed by atoms with Crippen molar-refractivity contribution < 1.29 is 18.3 Å². The normalized spacial score (nSPS) is 19.0. The zero-order chi connectivity index (χ0) is 25.1. The highest BCUT2D eigenvalue weighted by molar-refractivity contribution is 7.90. The molecule has 1 aliphatic carbocycles. The average Bonchev–Trinajstić information content (AvgIpc) is 3.50. The van der Waals surface area contributed by atoms with E-state index in [2.05, 4.69) is 15.2 Å². The van der Waals surface area contributed by atoms with Crippen molar-refractivity contribution in [2.24, 2.45) is 0 Å². The monoisotopic (exact) mass is 496 g/mol. The van der Waals surface area contributed by atoms with Crippen LogP contribution in [0.3, 0.4) is 0 Å². The van der Waals surface area contributed by atoms with Gasteiger partial charge in [0.1, 0.15) is 5.82 Å². The average molecular weight is 497 g/mol. The van der Waals surface area contributed by atoms with E-state index >= 15 is 0 Å². The third-order valence-electron chi connectivity index (χ3n) is 6.70. The van der Waals surface area contributed by atoms with Gasteiger partial charge in [0.05, 0.1) is 16.6 Å². The fourth-order valence-electron chi connectivity index (χ4n) is 5.15. The quantitative estimate of drug-likeness (QED) is 0.452. The summed E-state index contributed by atoms with van der Waals surface area (Å²) in [7, 11) is -3.84. The Bertz CT molecular complexity index is 1530. The molecule has 0 radical (unpaired) electrons. The van der Waals surface area contributed by atoms with Gasteiger partial charge in [0.25, 0.3) is 10.0 Å². The van der Waals surface area contributed by atoms with Crippen molar-refractivity contribution in [1.82, 2.24) is 28.5 Å². The number of rotatable bonds is 4. The number of carbonyl (C=O) groups is 1. The van der Waals surface area contributed by atoms with E-state index in [9.17, 15) is 18.3 Å². The highest BCUT2D eigenvalue weighted by Gasteiger charge is 2.39. The third-order valence-corrected chi connectivity index (χ3v) is 8.38. The summed E-state index contributed by atoms with van der Waals surface area (Å²) in [5.74, 6) is 0.682. The molecule has 11 heteroatoms. The summed E-state index contributed by atoms with van der Waals surface area (Å²) in [5.41, 5.74) is 1.85. The molecular formula is C24H28N6O4S. The molecule has 0 unspecified atom stereocenters. The fourth-order valence-corrected chi connectivity index (χ4v) is 6.45. The van der Waals surface area contributed by atoms with E-state index in [0.29, 0.717) is 23.4 Å². The molecule has 184 valence electrons. The summed E-state index contributed by atoms with van der Waals surface area (Å²) < 4.78 is 29.7. The van der Waals surface area contributed by atoms with Crippen LogP contribution in [0.1, 0.15) is 57.3 Å². The van der Waals surface area contributed by atoms with Crippen LogP contribution in [-0.2, 0) is 10.0 Å². The van der Waals surface area contributed by atoms with Crippen LogP contribution in [0.25, 0.3) is 16.8 Å². The van der Waals surface area contributed by atoms with Gasteiger partial charge in [-0.15, -0.1) is 10.2 Å². The van der Waals surface area contributed by atoms with Crippen molar-refractivity contribution in [3.8, 4) is 0 Å². The minimum atomic E-state index is -3.84. The first-order valence-electron chi connectivity index (χ1n) is 11.5. The van der Waals surface area contributed by atoms with Gasteiger partial charge in [-0.2, -0.15) is 0 Å². The SMILES string of the molecule is Cc1ccc(S(=O)(=O)n2ccc3c2ncc2nnc([C@@H]4CC[C@H](N(C(=O)O)C(C)(C)C)C4)n23)cc1. The van der Waals surface area contributed by atoms with Gasteiger partial charge >= 0.3 is 6.09 Å². The number of nitrogens with zero attached hydrogens (tertiary/aromatic N) is 6. The molecule has 0 saturated heterocycles. The van der Waals surface area contributed by atoms with Gasteiger partial charge in [-0.1, -0.05) is 17.7 Å². The molecule has 0 spiro atoms. The molecule has 0 bridgehead atoms. The summed E-state index contributed by atoms with van der Waals surface area (Å²) in [6.07, 6.45) is 4.19. The van der Waals surface area contributed by atoms with E-state index in [1.165, 1.54) is 21.3 Å². The minimum absolute atomic E-state index is 0.0122. The lowest BCUT2D eigenvalue weighted by molar-refractivity contribution is 0.0715. The Labute approximate surface area is 203 Å². The van der Waals surface area contributed by atoms with Gasteiger partial charge in [0, 0.05) is 23.7 Å². The Hall–Kier alpha value is -3.47. The fraction of sp³-hybridized carbons (Fsp3) is 0.417. The number of benzene rings is 1. The van der Waals surface area contributed by atoms with E-state index < -0.39 is 21.7 Å². The lowest BCUT2D eigenvalue weighted by Crippen LogP contribution is -2.50. The number of aromatic nitrogens is 5. The standard InChI is InChI=1S/C24H28N6O4S/c1-15-5-9-18(10-6-15)35(33,34)28-12-11-19-22(28)25-14-20-26-27-21(29(19)20)16-7-8-17(13-16)30(23(31)32)24(2,3)4/h5-6,9-12,14,16-17H,7-8,13H2,1-4H3,(H,31,32)/t16-,17+/m1/s1. The zero-order valence-corrected chi connectivity index (χ0v) is 20.9. The van der Waals surface area contributed by atoms with E-state index in [-0.39, 0.29) is 22.5 Å². The molecule has 4 aromatic rings. The Morgan fingerprint density at radius 3 is 2.49 bits per heavy atom. The Balaban J connectivity index is 1.56. The molecule has 0 aliphatic heterocycles. The van der Waals surface area contributed by atoms with Crippen molar-refractivity contribution in [3.05, 3.63) is 54.1 Å². The maximum Gasteiger partial charge on any atom is 0.407 e. The first kappa shape index (κ1) is 23.3. The number of carboxylic acid groups (broad SMARTS) is 1. The van der Waals surface area contributed by atoms with E-state index in [1.807, 2.05) is 32.1 Å². The van der Waals surface area contributed by atoms with Gasteiger partial charge in [0.2, 0.25) is 0 Å². The van der Waals surface area contributed by atoms with Crippen LogP contribution in [0.5, 0.6) is 0 Å². The molecule has 3 aromatic heterocycles. The second-order valence-corrected chi connectivity index (χ2v) is 12.0. The van der Waals surface area contributed by atoms with Crippen molar-refractivity contribution in [2.45, 2.75) is 69.4 Å². The molecule has 10 nitrogen and oxygen atoms in total. The summed E-state index contributed by atoms with van der Waals surface area (Å²) in [4.78, 5) is 18.1. The van der Waals surface area contributed by atoms with Crippen LogP contribution < -0.4 is 0 Å². The molecule has 3 heterocycles. The van der Waals surface area contributed by atoms with E-state index in [0.717, 1.165) is 18.4 Å². The summed E-state index contributed by atoms with van der Waals surface area (Å²) in [6, 6.07) is 8.27. The molecule has 1 aliphatic rings. The van der Waals surface area contributed by atoms with Crippen LogP contribution >= 0.6 is 0 Å². The van der Waals surface area contributed by atoms with Gasteiger partial charge in [-0.05, 0) is 65.2 Å². The topological polar surface area (TPSA) is 123 Å². The number of aryl methyl sites for hydroxylation is 1. The van der Waals surface area contributed by atoms with Crippen molar-refractivity contribution in [3.63, 3.8) is 0 Å². The van der Waals surface area contributed by atoms with Crippen LogP contribution in [0.2, 0.25) is 0 Å². The van der Waals surface area contributed by atoms with Crippen LogP contribution in [-0.4, -0.2) is 59.7 Å². The van der Waals surface area contributed by atoms with E-state index in [4.69, 9.17) is 0 Å². The Morgan fingerprint density at radius 2 is 1.83 bits per heavy atom. The Morgan fingerprint density at radius 1 is 1.11 bits per heavy atom. The second-order valence-electron chi connectivity index (χ2n) is 10.1. The summed E-state index contributed by atoms with van der Waals surface area (Å²) in [6.45, 7) is 7.59. The minimum Gasteiger partial charge on any atom is -0.465 e. The van der Waals surface area contributed by atoms with Gasteiger partial charge in [-0.25, -0.2) is 22.2 Å². The first-order chi connectivity index (χ1) is 16.5. The molecule has 5 rings (SSSR count). The third kappa shape index (κ3) is 3.83. The van der Waals surface area contributed by atoms with Crippen LogP contribution in [0, 0.1) is 6.92 Å². The molecule has 1 saturated carbocycles. The molecule has 2 atom stereocenters. The van der Waals surface area contributed by atoms with Crippen LogP contribution in [0.15, 0.2) is 47.6 Å². The Kier molecular flexibility index (Phi) is 5.35. The van der Waals surface area contributed by atoms with Crippen molar-refractivity contribution in [1.29, 1.82) is 0 Å². The summed E-state index contributed by atoms with van der Waals surface area (Å²) in [5, 5.41) is 18.5. The summed E-state index contributed by atoms with van der Waals surface area (Å²) >= 11 is 0. The lowest BCUT2D eigenvalue weighted by Gasteiger charge is -2.38. The number of hydrogen-bond donors (Lipinski definition) is 1. The molecule has 1 fully saturated rings. The highest BCUT2D eigenvalue weighted by atomic mass is 32.2. The smallest absolute Gasteiger partial charge is 0.407 e. The molecule has 35 heavy (non-hydrogen) atoms. The van der Waals surface area contributed by atoms with Crippen LogP contribution in [0.4, 0.5) is 4.79 Å². The second kappa shape index (κ2) is 8.04. The van der Waals surface area contributed by atoms with Gasteiger partial charge < -0.3 is 10.0 Å². The maximum atomic E-state index is 13.3. The highest BCUT2D eigenvalue weighted by Crippen LogP contribution is 2.39. The van der Waals surface area contributed by atoms with Gasteiger partial charge in [-0.3, -0.25) is 4.40 Å². The number of amides is 1. The molecule has 1 amide bonds. The lowest BCUT2D eigenvalue weighted by atomic mass is 10.0. The van der Waals surface area contributed by atoms with E-state index in [1.54, 1.807) is 30.3 Å². The van der Waals surface area contributed by atoms with Gasteiger partial charge in [0.15, 0.2) is 11.3 Å². The van der Waals surface area contributed by atoms with Crippen molar-refractivity contribution in [2.75, 3.05) is 0 Å². The molecular weight excluding hydrogens is 468 g/mol. The van der Waals surface area contributed by atoms with Crippen molar-refractivity contribution >= 4 is 32.9 Å².